The summed E-state index contributed by atoms with van der Waals surface area (Å²) in [5.74, 6) is -0.527. The van der Waals surface area contributed by atoms with Crippen molar-refractivity contribution < 1.29 is 9.59 Å². The van der Waals surface area contributed by atoms with Crippen LogP contribution in [0.3, 0.4) is 0 Å². The van der Waals surface area contributed by atoms with Crippen LogP contribution in [-0.4, -0.2) is 23.3 Å². The molecule has 2 heterocycles. The van der Waals surface area contributed by atoms with Gasteiger partial charge in [0.2, 0.25) is 11.8 Å². The first-order valence-electron chi connectivity index (χ1n) is 6.82. The minimum absolute atomic E-state index is 0.0298. The van der Waals surface area contributed by atoms with Gasteiger partial charge in [0.25, 0.3) is 0 Å². The number of anilines is 2. The number of rotatable bonds is 3. The normalized spacial score (nSPS) is 17.8. The lowest BCUT2D eigenvalue weighted by Crippen LogP contribution is -2.28. The van der Waals surface area contributed by atoms with E-state index in [-0.39, 0.29) is 24.2 Å². The van der Waals surface area contributed by atoms with Crippen molar-refractivity contribution in [2.75, 3.05) is 16.8 Å². The van der Waals surface area contributed by atoms with Crippen LogP contribution in [0.15, 0.2) is 34.9 Å². The van der Waals surface area contributed by atoms with Gasteiger partial charge in [0.05, 0.1) is 5.92 Å². The summed E-state index contributed by atoms with van der Waals surface area (Å²) in [5.41, 5.74) is 0.814. The predicted molar refractivity (Wildman–Crippen MR) is 90.1 cm³/mol. The van der Waals surface area contributed by atoms with E-state index in [2.05, 4.69) is 26.2 Å². The molecule has 2 amide bonds. The highest BCUT2D eigenvalue weighted by atomic mass is 79.9. The van der Waals surface area contributed by atoms with Gasteiger partial charge in [-0.25, -0.2) is 4.98 Å². The summed E-state index contributed by atoms with van der Waals surface area (Å²) >= 11 is 4.80. The molecule has 2 aromatic rings. The maximum Gasteiger partial charge on any atom is 0.231 e. The predicted octanol–water partition coefficient (Wildman–Crippen LogP) is 3.21. The number of nitrogens with one attached hydrogen (secondary N) is 1. The summed E-state index contributed by atoms with van der Waals surface area (Å²) in [6.45, 7) is 2.33. The van der Waals surface area contributed by atoms with Crippen molar-refractivity contribution in [3.05, 3.63) is 39.8 Å². The van der Waals surface area contributed by atoms with Gasteiger partial charge in [0, 0.05) is 34.2 Å². The van der Waals surface area contributed by atoms with Gasteiger partial charge in [-0.2, -0.15) is 0 Å². The van der Waals surface area contributed by atoms with Crippen LogP contribution < -0.4 is 10.2 Å². The molecule has 3 rings (SSSR count). The van der Waals surface area contributed by atoms with Gasteiger partial charge in [-0.05, 0) is 31.2 Å². The van der Waals surface area contributed by atoms with Crippen LogP contribution in [0.25, 0.3) is 0 Å². The molecule has 0 bridgehead atoms. The molecule has 1 N–H and O–H groups in total. The van der Waals surface area contributed by atoms with Gasteiger partial charge in [-0.1, -0.05) is 15.9 Å². The molecule has 0 unspecified atom stereocenters. The van der Waals surface area contributed by atoms with Crippen molar-refractivity contribution >= 4 is 49.9 Å². The number of benzene rings is 1. The van der Waals surface area contributed by atoms with E-state index in [1.807, 2.05) is 31.2 Å². The van der Waals surface area contributed by atoms with Crippen LogP contribution in [0, 0.1) is 12.8 Å². The van der Waals surface area contributed by atoms with Crippen LogP contribution >= 0.6 is 27.3 Å². The van der Waals surface area contributed by atoms with Crippen LogP contribution in [0.1, 0.15) is 11.3 Å². The van der Waals surface area contributed by atoms with Crippen molar-refractivity contribution in [3.63, 3.8) is 0 Å². The van der Waals surface area contributed by atoms with Crippen LogP contribution in [0.2, 0.25) is 0 Å². The minimum Gasteiger partial charge on any atom is -0.312 e. The quantitative estimate of drug-likeness (QED) is 0.890. The van der Waals surface area contributed by atoms with Crippen molar-refractivity contribution in [1.82, 2.24) is 4.98 Å². The molecule has 0 saturated carbocycles. The zero-order chi connectivity index (χ0) is 15.7. The maximum absolute atomic E-state index is 12.3. The Morgan fingerprint density at radius 2 is 2.14 bits per heavy atom. The molecule has 7 heteroatoms. The van der Waals surface area contributed by atoms with E-state index in [1.165, 1.54) is 11.3 Å². The number of amides is 2. The Morgan fingerprint density at radius 1 is 1.41 bits per heavy atom. The number of hydrogen-bond donors (Lipinski definition) is 1. The molecular weight excluding hydrogens is 366 g/mol. The number of carbonyl (C=O) groups excluding carboxylic acids is 2. The van der Waals surface area contributed by atoms with E-state index in [4.69, 9.17) is 0 Å². The highest BCUT2D eigenvalue weighted by molar-refractivity contribution is 9.10. The van der Waals surface area contributed by atoms with Crippen molar-refractivity contribution in [2.45, 2.75) is 13.3 Å². The molecule has 0 radical (unpaired) electrons. The number of halogens is 1. The standard InChI is InChI=1S/C15H14BrN3O2S/c1-9-7-17-15(22-9)18-14(21)10-6-13(20)19(8-10)12-4-2-11(16)3-5-12/h2-5,7,10H,6,8H2,1H3,(H,17,18,21)/t10-/m1/s1. The molecule has 1 atom stereocenters. The van der Waals surface area contributed by atoms with Crippen LogP contribution in [0.4, 0.5) is 10.8 Å². The molecule has 5 nitrogen and oxygen atoms in total. The van der Waals surface area contributed by atoms with E-state index >= 15 is 0 Å². The Morgan fingerprint density at radius 3 is 2.77 bits per heavy atom. The summed E-state index contributed by atoms with van der Waals surface area (Å²) in [5, 5.41) is 3.37. The monoisotopic (exact) mass is 379 g/mol. The number of aromatic nitrogens is 1. The first kappa shape index (κ1) is 15.2. The third-order valence-corrected chi connectivity index (χ3v) is 4.84. The summed E-state index contributed by atoms with van der Waals surface area (Å²) in [4.78, 5) is 31.2. The maximum atomic E-state index is 12.3. The largest absolute Gasteiger partial charge is 0.312 e. The van der Waals surface area contributed by atoms with E-state index in [0.717, 1.165) is 15.0 Å². The number of aryl methyl sites for hydroxylation is 1. The molecule has 1 aliphatic heterocycles. The lowest BCUT2D eigenvalue weighted by Gasteiger charge is -2.16. The fraction of sp³-hybridized carbons (Fsp3) is 0.267. The number of thiazole rings is 1. The average Bonchev–Trinajstić information content (AvgIpc) is 3.06. The third kappa shape index (κ3) is 3.20. The van der Waals surface area contributed by atoms with Gasteiger partial charge >= 0.3 is 0 Å². The molecule has 1 saturated heterocycles. The Labute approximate surface area is 140 Å². The van der Waals surface area contributed by atoms with E-state index < -0.39 is 0 Å². The van der Waals surface area contributed by atoms with Crippen LogP contribution in [-0.2, 0) is 9.59 Å². The molecule has 0 spiro atoms. The third-order valence-electron chi connectivity index (χ3n) is 3.49. The smallest absolute Gasteiger partial charge is 0.231 e. The van der Waals surface area contributed by atoms with Crippen molar-refractivity contribution in [3.8, 4) is 0 Å². The number of hydrogen-bond acceptors (Lipinski definition) is 4. The summed E-state index contributed by atoms with van der Waals surface area (Å²) in [6.07, 6.45) is 1.94. The Balaban J connectivity index is 1.68. The zero-order valence-electron chi connectivity index (χ0n) is 11.9. The molecular formula is C15H14BrN3O2S. The summed E-state index contributed by atoms with van der Waals surface area (Å²) < 4.78 is 0.955. The van der Waals surface area contributed by atoms with Gasteiger partial charge in [-0.15, -0.1) is 11.3 Å². The zero-order valence-corrected chi connectivity index (χ0v) is 14.3. The summed E-state index contributed by atoms with van der Waals surface area (Å²) in [7, 11) is 0. The van der Waals surface area contributed by atoms with Crippen molar-refractivity contribution in [1.29, 1.82) is 0 Å². The van der Waals surface area contributed by atoms with Gasteiger partial charge in [-0.3, -0.25) is 9.59 Å². The van der Waals surface area contributed by atoms with E-state index in [1.54, 1.807) is 11.1 Å². The van der Waals surface area contributed by atoms with Gasteiger partial charge in [0.1, 0.15) is 0 Å². The second kappa shape index (κ2) is 6.18. The molecule has 1 aliphatic rings. The fourth-order valence-electron chi connectivity index (χ4n) is 2.37. The number of nitrogens with zero attached hydrogens (tertiary/aromatic N) is 2. The highest BCUT2D eigenvalue weighted by Gasteiger charge is 2.35. The molecule has 1 aromatic heterocycles. The van der Waals surface area contributed by atoms with Gasteiger partial charge in [0.15, 0.2) is 5.13 Å². The van der Waals surface area contributed by atoms with E-state index in [9.17, 15) is 9.59 Å². The SMILES string of the molecule is Cc1cnc(NC(=O)[C@@H]2CC(=O)N(c3ccc(Br)cc3)C2)s1. The molecule has 0 aliphatic carbocycles. The first-order chi connectivity index (χ1) is 10.5. The van der Waals surface area contributed by atoms with Crippen LogP contribution in [0.5, 0.6) is 0 Å². The summed E-state index contributed by atoms with van der Waals surface area (Å²) in [6, 6.07) is 7.50. The molecule has 22 heavy (non-hydrogen) atoms. The number of carbonyl (C=O) groups is 2. The lowest BCUT2D eigenvalue weighted by atomic mass is 10.1. The Kier molecular flexibility index (Phi) is 4.26. The molecule has 1 aromatic carbocycles. The average molecular weight is 380 g/mol. The Bertz CT molecular complexity index is 714. The second-order valence-electron chi connectivity index (χ2n) is 5.15. The van der Waals surface area contributed by atoms with Crippen molar-refractivity contribution in [2.24, 2.45) is 5.92 Å². The first-order valence-corrected chi connectivity index (χ1v) is 8.43. The second-order valence-corrected chi connectivity index (χ2v) is 7.30. The van der Waals surface area contributed by atoms with Gasteiger partial charge < -0.3 is 10.2 Å². The molecule has 1 fully saturated rings. The highest BCUT2D eigenvalue weighted by Crippen LogP contribution is 2.27. The topological polar surface area (TPSA) is 62.3 Å². The fourth-order valence-corrected chi connectivity index (χ4v) is 3.31. The lowest BCUT2D eigenvalue weighted by molar-refractivity contribution is -0.122. The Hall–Kier alpha value is -1.73. The molecule has 114 valence electrons. The van der Waals surface area contributed by atoms with E-state index in [0.29, 0.717) is 11.7 Å². The minimum atomic E-state index is -0.347.